The van der Waals surface area contributed by atoms with Crippen molar-refractivity contribution in [2.24, 2.45) is 5.92 Å². The lowest BCUT2D eigenvalue weighted by atomic mass is 9.90. The van der Waals surface area contributed by atoms with Crippen LogP contribution in [-0.2, 0) is 13.0 Å². The van der Waals surface area contributed by atoms with Gasteiger partial charge in [-0.3, -0.25) is 9.88 Å². The van der Waals surface area contributed by atoms with E-state index in [0.29, 0.717) is 11.6 Å². The Kier molecular flexibility index (Phi) is 4.32. The molecule has 1 aliphatic carbocycles. The number of nitrogens with one attached hydrogen (secondary N) is 1. The van der Waals surface area contributed by atoms with Crippen molar-refractivity contribution in [3.8, 4) is 0 Å². The number of pyridine rings is 1. The zero-order chi connectivity index (χ0) is 14.9. The van der Waals surface area contributed by atoms with Gasteiger partial charge < -0.3 is 5.32 Å². The number of aryl methyl sites for hydroxylation is 1. The number of hydrogen-bond acceptors (Lipinski definition) is 3. The minimum atomic E-state index is 0.312. The van der Waals surface area contributed by atoms with Crippen molar-refractivity contribution in [2.45, 2.75) is 64.6 Å². The predicted octanol–water partition coefficient (Wildman–Crippen LogP) is 3.00. The molecule has 21 heavy (non-hydrogen) atoms. The van der Waals surface area contributed by atoms with Crippen molar-refractivity contribution >= 4 is 0 Å². The molecule has 1 aliphatic heterocycles. The van der Waals surface area contributed by atoms with Crippen LogP contribution in [0.3, 0.4) is 0 Å². The average molecular weight is 287 g/mol. The number of rotatable bonds is 5. The van der Waals surface area contributed by atoms with Crippen molar-refractivity contribution < 1.29 is 0 Å². The first-order valence-corrected chi connectivity index (χ1v) is 8.58. The molecule has 3 nitrogen and oxygen atoms in total. The quantitative estimate of drug-likeness (QED) is 0.902. The molecule has 0 bridgehead atoms. The summed E-state index contributed by atoms with van der Waals surface area (Å²) in [6, 6.07) is 4.93. The van der Waals surface area contributed by atoms with E-state index in [1.807, 2.05) is 6.20 Å². The summed E-state index contributed by atoms with van der Waals surface area (Å²) < 4.78 is 0. The van der Waals surface area contributed by atoms with Crippen LogP contribution in [0.5, 0.6) is 0 Å². The molecule has 0 radical (unpaired) electrons. The van der Waals surface area contributed by atoms with Crippen molar-refractivity contribution in [1.82, 2.24) is 15.2 Å². The van der Waals surface area contributed by atoms with Crippen LogP contribution < -0.4 is 5.32 Å². The Morgan fingerprint density at radius 2 is 2.19 bits per heavy atom. The van der Waals surface area contributed by atoms with E-state index in [1.165, 1.54) is 30.5 Å². The summed E-state index contributed by atoms with van der Waals surface area (Å²) in [6.07, 6.45) is 7.03. The smallest absolute Gasteiger partial charge is 0.0575 e. The van der Waals surface area contributed by atoms with Gasteiger partial charge in [0.2, 0.25) is 0 Å². The van der Waals surface area contributed by atoms with Gasteiger partial charge in [-0.25, -0.2) is 0 Å². The van der Waals surface area contributed by atoms with Crippen molar-refractivity contribution in [3.05, 3.63) is 29.6 Å². The van der Waals surface area contributed by atoms with E-state index in [-0.39, 0.29) is 0 Å². The average Bonchev–Trinajstić information content (AvgIpc) is 3.33. The summed E-state index contributed by atoms with van der Waals surface area (Å²) >= 11 is 0. The Morgan fingerprint density at radius 3 is 2.86 bits per heavy atom. The van der Waals surface area contributed by atoms with Crippen LogP contribution in [0.25, 0.3) is 0 Å². The molecule has 3 heteroatoms. The SMILES string of the molecule is CCc1cccnc1CN1CC(C)(C2CC2)NCC1CC. The van der Waals surface area contributed by atoms with Gasteiger partial charge in [-0.2, -0.15) is 0 Å². The number of piperazine rings is 1. The van der Waals surface area contributed by atoms with Crippen LogP contribution in [0.2, 0.25) is 0 Å². The molecule has 2 aliphatic rings. The minimum absolute atomic E-state index is 0.312. The van der Waals surface area contributed by atoms with Crippen molar-refractivity contribution in [3.63, 3.8) is 0 Å². The molecule has 116 valence electrons. The molecule has 2 atom stereocenters. The van der Waals surface area contributed by atoms with Gasteiger partial charge in [-0.15, -0.1) is 0 Å². The van der Waals surface area contributed by atoms with Gasteiger partial charge in [0.05, 0.1) is 5.69 Å². The fourth-order valence-electron chi connectivity index (χ4n) is 3.80. The summed E-state index contributed by atoms with van der Waals surface area (Å²) in [5, 5.41) is 3.84. The minimum Gasteiger partial charge on any atom is -0.308 e. The van der Waals surface area contributed by atoms with E-state index in [2.05, 4.69) is 48.1 Å². The first-order chi connectivity index (χ1) is 10.2. The molecule has 2 unspecified atom stereocenters. The molecule has 1 N–H and O–H groups in total. The topological polar surface area (TPSA) is 28.2 Å². The highest BCUT2D eigenvalue weighted by Gasteiger charge is 2.45. The largest absolute Gasteiger partial charge is 0.308 e. The maximum absolute atomic E-state index is 4.66. The normalized spacial score (nSPS) is 30.5. The Balaban J connectivity index is 1.76. The zero-order valence-electron chi connectivity index (χ0n) is 13.7. The second-order valence-electron chi connectivity index (χ2n) is 7.00. The lowest BCUT2D eigenvalue weighted by Crippen LogP contribution is -2.63. The molecule has 1 aromatic rings. The summed E-state index contributed by atoms with van der Waals surface area (Å²) in [4.78, 5) is 7.34. The Bertz CT molecular complexity index is 483. The van der Waals surface area contributed by atoms with Crippen LogP contribution >= 0.6 is 0 Å². The van der Waals surface area contributed by atoms with E-state index in [1.54, 1.807) is 0 Å². The number of nitrogens with zero attached hydrogens (tertiary/aromatic N) is 2. The Morgan fingerprint density at radius 1 is 1.38 bits per heavy atom. The molecule has 2 heterocycles. The highest BCUT2D eigenvalue weighted by molar-refractivity contribution is 5.20. The van der Waals surface area contributed by atoms with E-state index in [9.17, 15) is 0 Å². The van der Waals surface area contributed by atoms with Gasteiger partial charge in [0.15, 0.2) is 0 Å². The third-order valence-corrected chi connectivity index (χ3v) is 5.46. The maximum atomic E-state index is 4.66. The van der Waals surface area contributed by atoms with E-state index >= 15 is 0 Å². The summed E-state index contributed by atoms with van der Waals surface area (Å²) in [5.41, 5.74) is 2.99. The first-order valence-electron chi connectivity index (χ1n) is 8.58. The zero-order valence-corrected chi connectivity index (χ0v) is 13.7. The molecule has 0 amide bonds. The molecule has 2 fully saturated rings. The van der Waals surface area contributed by atoms with Crippen LogP contribution in [0.4, 0.5) is 0 Å². The van der Waals surface area contributed by atoms with Crippen LogP contribution in [-0.4, -0.2) is 34.6 Å². The summed E-state index contributed by atoms with van der Waals surface area (Å²) in [6.45, 7) is 10.2. The Hall–Kier alpha value is -0.930. The number of hydrogen-bond donors (Lipinski definition) is 1. The van der Waals surface area contributed by atoms with E-state index in [0.717, 1.165) is 32.0 Å². The first kappa shape index (κ1) is 15.0. The fourth-order valence-corrected chi connectivity index (χ4v) is 3.80. The Labute approximate surface area is 129 Å². The van der Waals surface area contributed by atoms with Crippen molar-refractivity contribution in [1.29, 1.82) is 0 Å². The van der Waals surface area contributed by atoms with Gasteiger partial charge in [0.25, 0.3) is 0 Å². The third-order valence-electron chi connectivity index (χ3n) is 5.46. The van der Waals surface area contributed by atoms with Crippen LogP contribution in [0, 0.1) is 5.92 Å². The lowest BCUT2D eigenvalue weighted by molar-refractivity contribution is 0.0653. The van der Waals surface area contributed by atoms with Gasteiger partial charge >= 0.3 is 0 Å². The van der Waals surface area contributed by atoms with Crippen LogP contribution in [0.1, 0.15) is 51.3 Å². The summed E-state index contributed by atoms with van der Waals surface area (Å²) in [5.74, 6) is 0.882. The van der Waals surface area contributed by atoms with Crippen LogP contribution in [0.15, 0.2) is 18.3 Å². The van der Waals surface area contributed by atoms with Crippen molar-refractivity contribution in [2.75, 3.05) is 13.1 Å². The highest BCUT2D eigenvalue weighted by Crippen LogP contribution is 2.41. The second-order valence-corrected chi connectivity index (χ2v) is 7.00. The maximum Gasteiger partial charge on any atom is 0.0575 e. The van der Waals surface area contributed by atoms with Gasteiger partial charge in [0, 0.05) is 37.4 Å². The van der Waals surface area contributed by atoms with E-state index < -0.39 is 0 Å². The lowest BCUT2D eigenvalue weighted by Gasteiger charge is -2.46. The highest BCUT2D eigenvalue weighted by atomic mass is 15.3. The standard InChI is InChI=1S/C18H29N3/c1-4-14-7-6-10-19-17(14)12-21-13-18(3,15-8-9-15)20-11-16(21)5-2/h6-7,10,15-16,20H,4-5,8-9,11-13H2,1-3H3. The second kappa shape index (κ2) is 6.05. The van der Waals surface area contributed by atoms with Gasteiger partial charge in [-0.1, -0.05) is 19.9 Å². The summed E-state index contributed by atoms with van der Waals surface area (Å²) in [7, 11) is 0. The van der Waals surface area contributed by atoms with Gasteiger partial charge in [-0.05, 0) is 50.2 Å². The van der Waals surface area contributed by atoms with Gasteiger partial charge in [0.1, 0.15) is 0 Å². The molecule has 1 aromatic heterocycles. The third kappa shape index (κ3) is 3.14. The molecule has 3 rings (SSSR count). The molecular weight excluding hydrogens is 258 g/mol. The number of aromatic nitrogens is 1. The molecule has 0 aromatic carbocycles. The van der Waals surface area contributed by atoms with E-state index in [4.69, 9.17) is 0 Å². The fraction of sp³-hybridized carbons (Fsp3) is 0.722. The molecule has 1 saturated carbocycles. The monoisotopic (exact) mass is 287 g/mol. The molecular formula is C18H29N3. The molecule has 0 spiro atoms. The predicted molar refractivity (Wildman–Crippen MR) is 87.2 cm³/mol. The molecule has 1 saturated heterocycles.